The van der Waals surface area contributed by atoms with Gasteiger partial charge in [-0.1, -0.05) is 15.9 Å². The van der Waals surface area contributed by atoms with Crippen LogP contribution in [0.25, 0.3) is 6.08 Å². The van der Waals surface area contributed by atoms with E-state index < -0.39 is 5.97 Å². The molecule has 0 aliphatic rings. The summed E-state index contributed by atoms with van der Waals surface area (Å²) < 4.78 is 6.50. The molecule has 4 nitrogen and oxygen atoms in total. The lowest BCUT2D eigenvalue weighted by molar-refractivity contribution is -0.858. The van der Waals surface area contributed by atoms with Crippen LogP contribution in [-0.2, 0) is 4.79 Å². The molecule has 98 valence electrons. The molecule has 0 fully saturated rings. The molecule has 0 saturated heterocycles. The molecular formula is C13H16BrNO3. The largest absolute Gasteiger partial charge is 0.545 e. The minimum absolute atomic E-state index is 0.579. The van der Waals surface area contributed by atoms with Crippen LogP contribution in [0.2, 0.25) is 0 Å². The van der Waals surface area contributed by atoms with Crippen LogP contribution in [0.4, 0.5) is 0 Å². The third-order valence-corrected chi connectivity index (χ3v) is 2.72. The normalized spacial score (nSPS) is 11.1. The highest BCUT2D eigenvalue weighted by molar-refractivity contribution is 9.10. The van der Waals surface area contributed by atoms with Crippen molar-refractivity contribution in [3.8, 4) is 5.75 Å². The molecule has 0 aromatic heterocycles. The summed E-state index contributed by atoms with van der Waals surface area (Å²) in [7, 11) is 4.09. The molecule has 1 N–H and O–H groups in total. The quantitative estimate of drug-likeness (QED) is 0.736. The smallest absolute Gasteiger partial charge is 0.137 e. The first kappa shape index (κ1) is 14.7. The highest BCUT2D eigenvalue weighted by Gasteiger charge is 2.03. The van der Waals surface area contributed by atoms with E-state index in [1.165, 1.54) is 11.0 Å². The van der Waals surface area contributed by atoms with Gasteiger partial charge in [0.05, 0.1) is 20.1 Å². The first-order chi connectivity index (χ1) is 8.49. The standard InChI is InChI=1S/C13H16BrNO3/c1-15(2)7-8-18-12-5-4-11(14)9-10(12)3-6-13(16)17/h3-6,9H,7-8H2,1-2H3,(H,16,17)/b6-3+. The Bertz CT molecular complexity index is 444. The van der Waals surface area contributed by atoms with E-state index in [4.69, 9.17) is 4.74 Å². The van der Waals surface area contributed by atoms with Crippen LogP contribution >= 0.6 is 15.9 Å². The van der Waals surface area contributed by atoms with Gasteiger partial charge < -0.3 is 19.5 Å². The lowest BCUT2D eigenvalue weighted by Crippen LogP contribution is -3.06. The van der Waals surface area contributed by atoms with Crippen molar-refractivity contribution in [2.45, 2.75) is 0 Å². The minimum atomic E-state index is -1.22. The summed E-state index contributed by atoms with van der Waals surface area (Å²) in [4.78, 5) is 11.7. The maximum absolute atomic E-state index is 10.4. The van der Waals surface area contributed by atoms with Gasteiger partial charge in [0.15, 0.2) is 0 Å². The molecule has 0 heterocycles. The van der Waals surface area contributed by atoms with Crippen molar-refractivity contribution in [2.75, 3.05) is 27.2 Å². The SMILES string of the molecule is C[NH+](C)CCOc1ccc(Br)cc1/C=C/C(=O)[O-]. The second-order valence-corrected chi connectivity index (χ2v) is 5.06. The second kappa shape index (κ2) is 7.18. The molecule has 0 aliphatic carbocycles. The van der Waals surface area contributed by atoms with Gasteiger partial charge in [-0.15, -0.1) is 0 Å². The molecule has 0 radical (unpaired) electrons. The summed E-state index contributed by atoms with van der Waals surface area (Å²) in [5.74, 6) is -0.560. The Kier molecular flexibility index (Phi) is 5.88. The number of halogens is 1. The van der Waals surface area contributed by atoms with E-state index in [1.54, 1.807) is 6.07 Å². The monoisotopic (exact) mass is 313 g/mol. The number of ether oxygens (including phenoxy) is 1. The average molecular weight is 314 g/mol. The fraction of sp³-hybridized carbons (Fsp3) is 0.308. The Hall–Kier alpha value is -1.33. The van der Waals surface area contributed by atoms with Gasteiger partial charge in [-0.2, -0.15) is 0 Å². The van der Waals surface area contributed by atoms with Gasteiger partial charge in [0.1, 0.15) is 18.9 Å². The van der Waals surface area contributed by atoms with E-state index >= 15 is 0 Å². The molecule has 1 rings (SSSR count). The van der Waals surface area contributed by atoms with Gasteiger partial charge in [-0.3, -0.25) is 0 Å². The predicted molar refractivity (Wildman–Crippen MR) is 71.4 cm³/mol. The van der Waals surface area contributed by atoms with Gasteiger partial charge in [-0.25, -0.2) is 0 Å². The van der Waals surface area contributed by atoms with Crippen LogP contribution in [0.3, 0.4) is 0 Å². The van der Waals surface area contributed by atoms with Gasteiger partial charge in [0.25, 0.3) is 0 Å². The Morgan fingerprint density at radius 2 is 2.22 bits per heavy atom. The number of nitrogens with one attached hydrogen (secondary N) is 1. The van der Waals surface area contributed by atoms with Gasteiger partial charge in [0.2, 0.25) is 0 Å². The molecule has 0 saturated carbocycles. The highest BCUT2D eigenvalue weighted by Crippen LogP contribution is 2.24. The van der Waals surface area contributed by atoms with Crippen molar-refractivity contribution in [2.24, 2.45) is 0 Å². The van der Waals surface area contributed by atoms with E-state index in [9.17, 15) is 9.90 Å². The lowest BCUT2D eigenvalue weighted by atomic mass is 10.2. The zero-order valence-electron chi connectivity index (χ0n) is 10.4. The number of hydrogen-bond donors (Lipinski definition) is 1. The third-order valence-electron chi connectivity index (χ3n) is 2.23. The van der Waals surface area contributed by atoms with Crippen LogP contribution in [0.1, 0.15) is 5.56 Å². The fourth-order valence-electron chi connectivity index (χ4n) is 1.30. The molecule has 5 heteroatoms. The molecule has 0 atom stereocenters. The molecular weight excluding hydrogens is 298 g/mol. The maximum atomic E-state index is 10.4. The molecule has 18 heavy (non-hydrogen) atoms. The molecule has 0 amide bonds. The van der Waals surface area contributed by atoms with Crippen LogP contribution in [0.5, 0.6) is 5.75 Å². The Balaban J connectivity index is 2.79. The van der Waals surface area contributed by atoms with Crippen LogP contribution < -0.4 is 14.7 Å². The average Bonchev–Trinajstić information content (AvgIpc) is 2.28. The fourth-order valence-corrected chi connectivity index (χ4v) is 1.68. The van der Waals surface area contributed by atoms with E-state index in [-0.39, 0.29) is 0 Å². The predicted octanol–water partition coefficient (Wildman–Crippen LogP) is -0.264. The second-order valence-electron chi connectivity index (χ2n) is 4.14. The van der Waals surface area contributed by atoms with Crippen molar-refractivity contribution in [3.63, 3.8) is 0 Å². The lowest BCUT2D eigenvalue weighted by Gasteiger charge is -2.11. The number of likely N-dealkylation sites (N-methyl/N-ethyl adjacent to an activating group) is 1. The van der Waals surface area contributed by atoms with Gasteiger partial charge >= 0.3 is 0 Å². The molecule has 0 spiro atoms. The summed E-state index contributed by atoms with van der Waals surface area (Å²) in [5.41, 5.74) is 0.710. The number of hydrogen-bond acceptors (Lipinski definition) is 3. The topological polar surface area (TPSA) is 53.8 Å². The first-order valence-corrected chi connectivity index (χ1v) is 6.39. The Labute approximate surface area is 115 Å². The summed E-state index contributed by atoms with van der Waals surface area (Å²) in [6, 6.07) is 5.47. The molecule has 0 aliphatic heterocycles. The third kappa shape index (κ3) is 5.33. The zero-order valence-corrected chi connectivity index (χ0v) is 12.0. The van der Waals surface area contributed by atoms with Crippen molar-refractivity contribution in [1.82, 2.24) is 0 Å². The van der Waals surface area contributed by atoms with Crippen LogP contribution in [-0.4, -0.2) is 33.2 Å². The number of carboxylic acid groups (broad SMARTS) is 1. The number of carbonyl (C=O) groups excluding carboxylic acids is 1. The van der Waals surface area contributed by atoms with E-state index in [1.807, 2.05) is 26.2 Å². The number of aliphatic carboxylic acids is 1. The van der Waals surface area contributed by atoms with Crippen LogP contribution in [0, 0.1) is 0 Å². The summed E-state index contributed by atoms with van der Waals surface area (Å²) in [6.45, 7) is 1.45. The summed E-state index contributed by atoms with van der Waals surface area (Å²) >= 11 is 3.34. The molecule has 0 unspecified atom stereocenters. The Morgan fingerprint density at radius 3 is 2.83 bits per heavy atom. The number of quaternary nitrogens is 1. The minimum Gasteiger partial charge on any atom is -0.545 e. The summed E-state index contributed by atoms with van der Waals surface area (Å²) in [6.07, 6.45) is 2.46. The van der Waals surface area contributed by atoms with Gasteiger partial charge in [-0.05, 0) is 30.4 Å². The van der Waals surface area contributed by atoms with Gasteiger partial charge in [0, 0.05) is 10.0 Å². The molecule has 1 aromatic rings. The van der Waals surface area contributed by atoms with Crippen molar-refractivity contribution >= 4 is 28.0 Å². The number of rotatable bonds is 6. The van der Waals surface area contributed by atoms with E-state index in [2.05, 4.69) is 15.9 Å². The highest BCUT2D eigenvalue weighted by atomic mass is 79.9. The van der Waals surface area contributed by atoms with Crippen molar-refractivity contribution < 1.29 is 19.5 Å². The van der Waals surface area contributed by atoms with Crippen molar-refractivity contribution in [1.29, 1.82) is 0 Å². The van der Waals surface area contributed by atoms with E-state index in [0.717, 1.165) is 17.1 Å². The maximum Gasteiger partial charge on any atom is 0.137 e. The summed E-state index contributed by atoms with van der Waals surface area (Å²) in [5, 5.41) is 10.4. The molecule has 0 bridgehead atoms. The number of benzene rings is 1. The van der Waals surface area contributed by atoms with Crippen molar-refractivity contribution in [3.05, 3.63) is 34.3 Å². The molecule has 1 aromatic carbocycles. The van der Waals surface area contributed by atoms with E-state index in [0.29, 0.717) is 17.9 Å². The number of carboxylic acids is 1. The first-order valence-electron chi connectivity index (χ1n) is 5.59. The Morgan fingerprint density at radius 1 is 1.50 bits per heavy atom. The zero-order chi connectivity index (χ0) is 13.5. The number of carbonyl (C=O) groups is 1. The van der Waals surface area contributed by atoms with Crippen LogP contribution in [0.15, 0.2) is 28.7 Å².